The van der Waals surface area contributed by atoms with Crippen molar-refractivity contribution in [1.82, 2.24) is 5.32 Å². The van der Waals surface area contributed by atoms with Crippen LogP contribution in [0.3, 0.4) is 0 Å². The van der Waals surface area contributed by atoms with Crippen LogP contribution in [-0.4, -0.2) is 20.1 Å². The van der Waals surface area contributed by atoms with E-state index in [2.05, 4.69) is 5.32 Å². The van der Waals surface area contributed by atoms with E-state index in [1.165, 1.54) is 0 Å². The van der Waals surface area contributed by atoms with E-state index < -0.39 is 0 Å². The first-order valence-electron chi connectivity index (χ1n) is 8.24. The highest BCUT2D eigenvalue weighted by molar-refractivity contribution is 5.94. The summed E-state index contributed by atoms with van der Waals surface area (Å²) in [5, 5.41) is 3.19. The highest BCUT2D eigenvalue weighted by Crippen LogP contribution is 2.41. The van der Waals surface area contributed by atoms with Gasteiger partial charge in [-0.15, -0.1) is 0 Å². The monoisotopic (exact) mass is 325 g/mol. The molecule has 0 heterocycles. The third-order valence-corrected chi connectivity index (χ3v) is 4.38. The fraction of sp³-hybridized carbons (Fsp3) is 0.350. The van der Waals surface area contributed by atoms with Crippen LogP contribution in [0.1, 0.15) is 40.4 Å². The molecule has 2 aromatic rings. The van der Waals surface area contributed by atoms with Gasteiger partial charge in [0.05, 0.1) is 19.8 Å². The van der Waals surface area contributed by atoms with Gasteiger partial charge in [0.2, 0.25) is 0 Å². The van der Waals surface area contributed by atoms with Crippen LogP contribution >= 0.6 is 0 Å². The van der Waals surface area contributed by atoms with Gasteiger partial charge in [0, 0.05) is 12.7 Å². The SMILES string of the molecule is COCc1ccc(C(=O)NC(c2ccc(OC)cc2)C2CC2)cc1. The van der Waals surface area contributed by atoms with E-state index in [1.54, 1.807) is 14.2 Å². The van der Waals surface area contributed by atoms with Crippen molar-refractivity contribution in [3.63, 3.8) is 0 Å². The molecule has 1 amide bonds. The Morgan fingerprint density at radius 2 is 1.75 bits per heavy atom. The van der Waals surface area contributed by atoms with Crippen molar-refractivity contribution in [2.24, 2.45) is 5.92 Å². The lowest BCUT2D eigenvalue weighted by Crippen LogP contribution is -2.29. The van der Waals surface area contributed by atoms with Crippen LogP contribution in [0.15, 0.2) is 48.5 Å². The summed E-state index contributed by atoms with van der Waals surface area (Å²) in [5.74, 6) is 1.31. The van der Waals surface area contributed by atoms with E-state index in [9.17, 15) is 4.79 Å². The van der Waals surface area contributed by atoms with E-state index >= 15 is 0 Å². The summed E-state index contributed by atoms with van der Waals surface area (Å²) in [6.45, 7) is 0.554. The predicted molar refractivity (Wildman–Crippen MR) is 93.1 cm³/mol. The van der Waals surface area contributed by atoms with Crippen LogP contribution in [0.5, 0.6) is 5.75 Å². The van der Waals surface area contributed by atoms with Gasteiger partial charge in [-0.2, -0.15) is 0 Å². The zero-order valence-corrected chi connectivity index (χ0v) is 14.1. The van der Waals surface area contributed by atoms with Crippen molar-refractivity contribution >= 4 is 5.91 Å². The molecule has 1 saturated carbocycles. The maximum Gasteiger partial charge on any atom is 0.251 e. The van der Waals surface area contributed by atoms with Crippen molar-refractivity contribution in [3.8, 4) is 5.75 Å². The van der Waals surface area contributed by atoms with Gasteiger partial charge in [-0.1, -0.05) is 24.3 Å². The minimum absolute atomic E-state index is 0.0355. The maximum absolute atomic E-state index is 12.6. The molecule has 1 aliphatic carbocycles. The Morgan fingerprint density at radius 3 is 2.29 bits per heavy atom. The standard InChI is InChI=1S/C20H23NO3/c1-23-13-14-3-5-17(6-4-14)20(22)21-19(15-7-8-15)16-9-11-18(24-2)12-10-16/h3-6,9-12,15,19H,7-8,13H2,1-2H3,(H,21,22). The van der Waals surface area contributed by atoms with Crippen molar-refractivity contribution in [3.05, 3.63) is 65.2 Å². The number of amides is 1. The van der Waals surface area contributed by atoms with E-state index in [1.807, 2.05) is 48.5 Å². The number of hydrogen-bond donors (Lipinski definition) is 1. The minimum atomic E-state index is -0.0355. The van der Waals surface area contributed by atoms with Crippen LogP contribution in [0.4, 0.5) is 0 Å². The summed E-state index contributed by atoms with van der Waals surface area (Å²) in [4.78, 5) is 12.6. The second-order valence-electron chi connectivity index (χ2n) is 6.19. The number of benzene rings is 2. The van der Waals surface area contributed by atoms with E-state index in [0.717, 1.165) is 29.7 Å². The maximum atomic E-state index is 12.6. The zero-order chi connectivity index (χ0) is 16.9. The lowest BCUT2D eigenvalue weighted by Gasteiger charge is -2.19. The van der Waals surface area contributed by atoms with Gasteiger partial charge in [-0.3, -0.25) is 4.79 Å². The fourth-order valence-electron chi connectivity index (χ4n) is 2.86. The Kier molecular flexibility index (Phi) is 5.16. The van der Waals surface area contributed by atoms with Crippen LogP contribution in [0.2, 0.25) is 0 Å². The van der Waals surface area contributed by atoms with Gasteiger partial charge >= 0.3 is 0 Å². The van der Waals surface area contributed by atoms with Gasteiger partial charge < -0.3 is 14.8 Å². The molecule has 1 unspecified atom stereocenters. The van der Waals surface area contributed by atoms with Crippen molar-refractivity contribution < 1.29 is 14.3 Å². The molecule has 1 aliphatic rings. The van der Waals surface area contributed by atoms with Crippen LogP contribution < -0.4 is 10.1 Å². The third-order valence-electron chi connectivity index (χ3n) is 4.38. The molecule has 0 bridgehead atoms. The van der Waals surface area contributed by atoms with Crippen LogP contribution in [0, 0.1) is 5.92 Å². The number of hydrogen-bond acceptors (Lipinski definition) is 3. The predicted octanol–water partition coefficient (Wildman–Crippen LogP) is 3.72. The lowest BCUT2D eigenvalue weighted by molar-refractivity contribution is 0.0931. The summed E-state index contributed by atoms with van der Waals surface area (Å²) in [5.41, 5.74) is 2.86. The first-order chi connectivity index (χ1) is 11.7. The molecule has 3 rings (SSSR count). The van der Waals surface area contributed by atoms with Gasteiger partial charge in [0.1, 0.15) is 5.75 Å². The molecular weight excluding hydrogens is 302 g/mol. The molecule has 24 heavy (non-hydrogen) atoms. The van der Waals surface area contributed by atoms with Gasteiger partial charge in [-0.05, 0) is 54.2 Å². The Hall–Kier alpha value is -2.33. The molecule has 4 nitrogen and oxygen atoms in total. The smallest absolute Gasteiger partial charge is 0.251 e. The van der Waals surface area contributed by atoms with E-state index in [0.29, 0.717) is 18.1 Å². The summed E-state index contributed by atoms with van der Waals surface area (Å²) in [6.07, 6.45) is 2.31. The van der Waals surface area contributed by atoms with E-state index in [-0.39, 0.29) is 11.9 Å². The minimum Gasteiger partial charge on any atom is -0.497 e. The Morgan fingerprint density at radius 1 is 1.08 bits per heavy atom. The van der Waals surface area contributed by atoms with Gasteiger partial charge in [-0.25, -0.2) is 0 Å². The molecule has 0 spiro atoms. The average Bonchev–Trinajstić information content (AvgIpc) is 3.45. The number of rotatable bonds is 7. The third kappa shape index (κ3) is 3.95. The lowest BCUT2D eigenvalue weighted by atomic mass is 10.0. The van der Waals surface area contributed by atoms with E-state index in [4.69, 9.17) is 9.47 Å². The van der Waals surface area contributed by atoms with Gasteiger partial charge in [0.25, 0.3) is 5.91 Å². The Balaban J connectivity index is 1.71. The summed E-state index contributed by atoms with van der Waals surface area (Å²) in [6, 6.07) is 15.6. The molecule has 1 fully saturated rings. The van der Waals surface area contributed by atoms with Crippen molar-refractivity contribution in [2.45, 2.75) is 25.5 Å². The molecule has 0 radical (unpaired) electrons. The summed E-state index contributed by atoms with van der Waals surface area (Å²) >= 11 is 0. The largest absolute Gasteiger partial charge is 0.497 e. The molecule has 0 saturated heterocycles. The fourth-order valence-corrected chi connectivity index (χ4v) is 2.86. The summed E-state index contributed by atoms with van der Waals surface area (Å²) < 4.78 is 10.3. The summed E-state index contributed by atoms with van der Waals surface area (Å²) in [7, 11) is 3.32. The zero-order valence-electron chi connectivity index (χ0n) is 14.1. The van der Waals surface area contributed by atoms with Crippen LogP contribution in [-0.2, 0) is 11.3 Å². The number of ether oxygens (including phenoxy) is 2. The van der Waals surface area contributed by atoms with Crippen molar-refractivity contribution in [2.75, 3.05) is 14.2 Å². The van der Waals surface area contributed by atoms with Gasteiger partial charge in [0.15, 0.2) is 0 Å². The molecule has 4 heteroatoms. The highest BCUT2D eigenvalue weighted by Gasteiger charge is 2.33. The topological polar surface area (TPSA) is 47.6 Å². The number of carbonyl (C=O) groups excluding carboxylic acids is 1. The first kappa shape index (κ1) is 16.5. The molecule has 1 N–H and O–H groups in total. The normalized spacial score (nSPS) is 14.9. The number of carbonyl (C=O) groups is 1. The van der Waals surface area contributed by atoms with Crippen molar-refractivity contribution in [1.29, 1.82) is 0 Å². The molecular formula is C20H23NO3. The average molecular weight is 325 g/mol. The number of nitrogens with one attached hydrogen (secondary N) is 1. The molecule has 0 aliphatic heterocycles. The molecule has 2 aromatic carbocycles. The first-order valence-corrected chi connectivity index (χ1v) is 8.24. The quantitative estimate of drug-likeness (QED) is 0.844. The molecule has 126 valence electrons. The Labute approximate surface area is 142 Å². The second-order valence-corrected chi connectivity index (χ2v) is 6.19. The second kappa shape index (κ2) is 7.49. The molecule has 1 atom stereocenters. The Bertz CT molecular complexity index is 675. The highest BCUT2D eigenvalue weighted by atomic mass is 16.5. The number of methoxy groups -OCH3 is 2. The molecule has 0 aromatic heterocycles. The van der Waals surface area contributed by atoms with Crippen LogP contribution in [0.25, 0.3) is 0 Å².